The van der Waals surface area contributed by atoms with E-state index in [1.807, 2.05) is 72.1 Å². The summed E-state index contributed by atoms with van der Waals surface area (Å²) in [6.07, 6.45) is 5.21. The van der Waals surface area contributed by atoms with Crippen LogP contribution in [-0.2, 0) is 6.61 Å². The van der Waals surface area contributed by atoms with E-state index in [2.05, 4.69) is 16.7 Å². The highest BCUT2D eigenvalue weighted by Crippen LogP contribution is 2.20. The quantitative estimate of drug-likeness (QED) is 0.287. The van der Waals surface area contributed by atoms with Gasteiger partial charge in [-0.3, -0.25) is 4.99 Å². The van der Waals surface area contributed by atoms with Crippen LogP contribution >= 0.6 is 11.3 Å². The maximum Gasteiger partial charge on any atom is 0.206 e. The number of rotatable bonds is 8. The summed E-state index contributed by atoms with van der Waals surface area (Å²) in [5.74, 6) is 1.56. The zero-order valence-corrected chi connectivity index (χ0v) is 17.2. The van der Waals surface area contributed by atoms with Crippen LogP contribution in [0.2, 0.25) is 0 Å². The first kappa shape index (κ1) is 19.7. The van der Waals surface area contributed by atoms with Crippen molar-refractivity contribution in [2.45, 2.75) is 6.61 Å². The third-order valence-corrected chi connectivity index (χ3v) is 5.12. The van der Waals surface area contributed by atoms with Crippen molar-refractivity contribution >= 4 is 17.6 Å². The maximum atomic E-state index is 5.84. The van der Waals surface area contributed by atoms with Crippen LogP contribution in [0.4, 0.5) is 0 Å². The van der Waals surface area contributed by atoms with E-state index >= 15 is 0 Å². The Morgan fingerprint density at radius 1 is 1.03 bits per heavy atom. The minimum Gasteiger partial charge on any atom is -0.489 e. The van der Waals surface area contributed by atoms with Crippen LogP contribution in [-0.4, -0.2) is 17.4 Å². The molecule has 2 aromatic heterocycles. The fraction of sp³-hybridized carbons (Fsp3) is 0.0833. The number of benzene rings is 2. The van der Waals surface area contributed by atoms with Crippen molar-refractivity contribution in [1.82, 2.24) is 4.68 Å². The van der Waals surface area contributed by atoms with Crippen LogP contribution in [0.15, 0.2) is 106 Å². The smallest absolute Gasteiger partial charge is 0.206 e. The summed E-state index contributed by atoms with van der Waals surface area (Å²) in [5.41, 5.74) is 2.95. The Morgan fingerprint density at radius 3 is 2.60 bits per heavy atom. The topological polar surface area (TPSA) is 52.0 Å². The van der Waals surface area contributed by atoms with Gasteiger partial charge in [-0.1, -0.05) is 36.4 Å². The molecule has 0 fully saturated rings. The molecule has 0 aliphatic carbocycles. The molecule has 0 spiro atoms. The van der Waals surface area contributed by atoms with Crippen LogP contribution in [0.1, 0.15) is 11.1 Å². The van der Waals surface area contributed by atoms with Crippen LogP contribution in [0.5, 0.6) is 5.75 Å². The molecule has 0 radical (unpaired) electrons. The average Bonchev–Trinajstić information content (AvgIpc) is 3.46. The lowest BCUT2D eigenvalue weighted by atomic mass is 10.2. The number of aromatic nitrogens is 1. The van der Waals surface area contributed by atoms with Crippen LogP contribution in [0.3, 0.4) is 0 Å². The standard InChI is InChI=1S/C24H21N3O2S/c1-2-14-25-24-27(22(18-30-24)23-9-6-15-28-23)26-16-19-10-12-21(13-11-19)29-17-20-7-4-3-5-8-20/h2-13,15-16,18H,1,14,17H2. The molecule has 0 atom stereocenters. The van der Waals surface area contributed by atoms with Gasteiger partial charge in [0, 0.05) is 5.38 Å². The van der Waals surface area contributed by atoms with Crippen molar-refractivity contribution in [1.29, 1.82) is 0 Å². The molecule has 4 aromatic rings. The van der Waals surface area contributed by atoms with E-state index in [-0.39, 0.29) is 0 Å². The summed E-state index contributed by atoms with van der Waals surface area (Å²) in [7, 11) is 0. The van der Waals surface area contributed by atoms with E-state index in [4.69, 9.17) is 9.15 Å². The first-order chi connectivity index (χ1) is 14.8. The third kappa shape index (κ3) is 4.85. The van der Waals surface area contributed by atoms with Crippen molar-refractivity contribution in [2.24, 2.45) is 10.1 Å². The molecule has 0 bridgehead atoms. The molecule has 4 rings (SSSR count). The van der Waals surface area contributed by atoms with E-state index in [0.717, 1.165) is 33.1 Å². The molecule has 0 aliphatic rings. The summed E-state index contributed by atoms with van der Waals surface area (Å²) in [6.45, 7) is 4.80. The van der Waals surface area contributed by atoms with Gasteiger partial charge in [0.05, 0.1) is 19.0 Å². The summed E-state index contributed by atoms with van der Waals surface area (Å²) in [4.78, 5) is 5.30. The number of hydrogen-bond donors (Lipinski definition) is 0. The molecule has 30 heavy (non-hydrogen) atoms. The number of ether oxygens (including phenoxy) is 1. The van der Waals surface area contributed by atoms with Crippen molar-refractivity contribution in [2.75, 3.05) is 6.54 Å². The van der Waals surface area contributed by atoms with E-state index in [9.17, 15) is 0 Å². The number of thiazole rings is 1. The Balaban J connectivity index is 1.52. The van der Waals surface area contributed by atoms with Gasteiger partial charge in [0.25, 0.3) is 0 Å². The zero-order valence-electron chi connectivity index (χ0n) is 16.3. The van der Waals surface area contributed by atoms with Gasteiger partial charge in [0.1, 0.15) is 18.1 Å². The lowest BCUT2D eigenvalue weighted by molar-refractivity contribution is 0.306. The molecule has 150 valence electrons. The molecular weight excluding hydrogens is 394 g/mol. The van der Waals surface area contributed by atoms with Crippen LogP contribution in [0.25, 0.3) is 11.5 Å². The van der Waals surface area contributed by atoms with E-state index in [0.29, 0.717) is 13.2 Å². The molecular formula is C24H21N3O2S. The van der Waals surface area contributed by atoms with Gasteiger partial charge in [-0.25, -0.2) is 4.68 Å². The Kier molecular flexibility index (Phi) is 6.37. The lowest BCUT2D eigenvalue weighted by Crippen LogP contribution is -2.12. The summed E-state index contributed by atoms with van der Waals surface area (Å²) in [6, 6.07) is 21.7. The van der Waals surface area contributed by atoms with Gasteiger partial charge in [-0.2, -0.15) is 5.10 Å². The van der Waals surface area contributed by atoms with E-state index in [1.165, 1.54) is 11.3 Å². The number of nitrogens with zero attached hydrogens (tertiary/aromatic N) is 3. The molecule has 0 unspecified atom stereocenters. The van der Waals surface area contributed by atoms with Gasteiger partial charge >= 0.3 is 0 Å². The highest BCUT2D eigenvalue weighted by molar-refractivity contribution is 7.07. The van der Waals surface area contributed by atoms with Crippen molar-refractivity contribution < 1.29 is 9.15 Å². The fourth-order valence-corrected chi connectivity index (χ4v) is 3.60. The zero-order chi connectivity index (χ0) is 20.6. The van der Waals surface area contributed by atoms with Crippen molar-refractivity contribution in [3.05, 3.63) is 107 Å². The molecule has 0 aliphatic heterocycles. The minimum absolute atomic E-state index is 0.529. The maximum absolute atomic E-state index is 5.84. The summed E-state index contributed by atoms with van der Waals surface area (Å²) < 4.78 is 13.2. The van der Waals surface area contributed by atoms with Gasteiger partial charge in [0.2, 0.25) is 4.80 Å². The molecule has 0 amide bonds. The second-order valence-electron chi connectivity index (χ2n) is 6.41. The second-order valence-corrected chi connectivity index (χ2v) is 7.25. The number of hydrogen-bond acceptors (Lipinski definition) is 5. The van der Waals surface area contributed by atoms with Crippen LogP contribution in [0, 0.1) is 0 Å². The van der Waals surface area contributed by atoms with Crippen LogP contribution < -0.4 is 9.54 Å². The molecule has 0 N–H and O–H groups in total. The third-order valence-electron chi connectivity index (χ3n) is 4.27. The van der Waals surface area contributed by atoms with Gasteiger partial charge < -0.3 is 9.15 Å². The lowest BCUT2D eigenvalue weighted by Gasteiger charge is -2.06. The van der Waals surface area contributed by atoms with Gasteiger partial charge in [-0.15, -0.1) is 17.9 Å². The normalized spacial score (nSPS) is 11.8. The predicted molar refractivity (Wildman–Crippen MR) is 121 cm³/mol. The Morgan fingerprint density at radius 2 is 1.87 bits per heavy atom. The molecule has 6 heteroatoms. The largest absolute Gasteiger partial charge is 0.489 e. The summed E-state index contributed by atoms with van der Waals surface area (Å²) in [5, 5.41) is 6.63. The summed E-state index contributed by atoms with van der Waals surface area (Å²) >= 11 is 1.51. The second kappa shape index (κ2) is 9.71. The van der Waals surface area contributed by atoms with E-state index in [1.54, 1.807) is 23.2 Å². The van der Waals surface area contributed by atoms with Gasteiger partial charge in [-0.05, 0) is 47.5 Å². The SMILES string of the molecule is C=CCN=c1scc(-c2ccco2)n1N=Cc1ccc(OCc2ccccc2)cc1. The fourth-order valence-electron chi connectivity index (χ4n) is 2.77. The first-order valence-electron chi connectivity index (χ1n) is 9.50. The molecule has 2 heterocycles. The molecule has 0 saturated carbocycles. The predicted octanol–water partition coefficient (Wildman–Crippen LogP) is 5.36. The highest BCUT2D eigenvalue weighted by atomic mass is 32.1. The number of furan rings is 1. The first-order valence-corrected chi connectivity index (χ1v) is 10.4. The van der Waals surface area contributed by atoms with Gasteiger partial charge in [0.15, 0.2) is 5.76 Å². The Labute approximate surface area is 178 Å². The Bertz CT molecular complexity index is 1170. The van der Waals surface area contributed by atoms with Crippen molar-refractivity contribution in [3.8, 4) is 17.2 Å². The molecule has 0 saturated heterocycles. The minimum atomic E-state index is 0.529. The highest BCUT2D eigenvalue weighted by Gasteiger charge is 2.09. The average molecular weight is 416 g/mol. The molecule has 2 aromatic carbocycles. The Hall–Kier alpha value is -3.64. The van der Waals surface area contributed by atoms with Crippen molar-refractivity contribution in [3.63, 3.8) is 0 Å². The monoisotopic (exact) mass is 415 g/mol. The van der Waals surface area contributed by atoms with E-state index < -0.39 is 0 Å². The molecule has 5 nitrogen and oxygen atoms in total.